The molecule has 1 aromatic heterocycles. The van der Waals surface area contributed by atoms with E-state index in [1.165, 1.54) is 4.90 Å². The number of aliphatic hydroxyl groups excluding tert-OH is 1. The van der Waals surface area contributed by atoms with Crippen molar-refractivity contribution in [1.82, 2.24) is 9.97 Å². The summed E-state index contributed by atoms with van der Waals surface area (Å²) in [7, 11) is 1.68. The first-order valence-electron chi connectivity index (χ1n) is 10.7. The molecule has 180 valence electrons. The maximum Gasteiger partial charge on any atom is 0.414 e. The average Bonchev–Trinajstić information content (AvgIpc) is 2.79. The number of nitrogens with zero attached hydrogens (tertiary/aromatic N) is 3. The lowest BCUT2D eigenvalue weighted by Crippen LogP contribution is -2.34. The van der Waals surface area contributed by atoms with E-state index in [0.717, 1.165) is 16.8 Å². The largest absolute Gasteiger partial charge is 0.461 e. The van der Waals surface area contributed by atoms with Crippen LogP contribution < -0.4 is 9.64 Å². The van der Waals surface area contributed by atoms with Crippen molar-refractivity contribution >= 4 is 23.9 Å². The summed E-state index contributed by atoms with van der Waals surface area (Å²) in [6.45, 7) is 7.37. The highest BCUT2D eigenvalue weighted by atomic mass is 16.6. The number of hydrogen-bond acceptors (Lipinski definition) is 8. The molecule has 0 radical (unpaired) electrons. The zero-order valence-electron chi connectivity index (χ0n) is 19.7. The van der Waals surface area contributed by atoms with Gasteiger partial charge in [0.2, 0.25) is 0 Å². The fraction of sp³-hybridized carbons (Fsp3) is 0.458. The van der Waals surface area contributed by atoms with E-state index in [1.807, 2.05) is 57.2 Å². The van der Waals surface area contributed by atoms with Gasteiger partial charge in [0.1, 0.15) is 12.2 Å². The predicted octanol–water partition coefficient (Wildman–Crippen LogP) is 3.42. The van der Waals surface area contributed by atoms with Crippen LogP contribution in [0.4, 0.5) is 10.5 Å². The highest BCUT2D eigenvalue weighted by Gasteiger charge is 2.21. The molecule has 1 aromatic carbocycles. The number of amides is 1. The van der Waals surface area contributed by atoms with Gasteiger partial charge in [-0.25, -0.2) is 14.8 Å². The number of rotatable bonds is 12. The van der Waals surface area contributed by atoms with Crippen molar-refractivity contribution < 1.29 is 28.8 Å². The summed E-state index contributed by atoms with van der Waals surface area (Å²) >= 11 is 0. The third-order valence-electron chi connectivity index (χ3n) is 4.14. The van der Waals surface area contributed by atoms with Crippen LogP contribution in [0.3, 0.4) is 0 Å². The lowest BCUT2D eigenvalue weighted by Gasteiger charge is -2.25. The first-order valence-corrected chi connectivity index (χ1v) is 10.7. The standard InChI is InChI=1S/C24H33N3O6/c1-24(2,3)33-23(29)27(4)21-8-6-5-7-20(21)10-9-19-17-25-22(26-18-19)32-16-15-31-14-13-30-12-11-28/h5-10,17-18,28H,11-16H2,1-4H3/b10-9+. The summed E-state index contributed by atoms with van der Waals surface area (Å²) < 4.78 is 21.4. The molecule has 1 heterocycles. The van der Waals surface area contributed by atoms with Gasteiger partial charge in [0, 0.05) is 25.0 Å². The molecule has 0 aliphatic heterocycles. The Hall–Kier alpha value is -3.01. The number of benzene rings is 1. The SMILES string of the molecule is CN(C(=O)OC(C)(C)C)c1ccccc1/C=C/c1cnc(OCCOCCOCCO)nc1. The van der Waals surface area contributed by atoms with E-state index in [4.69, 9.17) is 24.1 Å². The number of carbonyl (C=O) groups excluding carboxylic acids is 1. The van der Waals surface area contributed by atoms with Crippen molar-refractivity contribution in [2.24, 2.45) is 0 Å². The second-order valence-electron chi connectivity index (χ2n) is 8.03. The molecule has 33 heavy (non-hydrogen) atoms. The van der Waals surface area contributed by atoms with Crippen LogP contribution in [0.1, 0.15) is 31.9 Å². The van der Waals surface area contributed by atoms with Crippen molar-refractivity contribution in [3.63, 3.8) is 0 Å². The second kappa shape index (κ2) is 13.5. The summed E-state index contributed by atoms with van der Waals surface area (Å²) in [5, 5.41) is 8.61. The minimum Gasteiger partial charge on any atom is -0.461 e. The number of aromatic nitrogens is 2. The number of aliphatic hydroxyl groups is 1. The topological polar surface area (TPSA) is 103 Å². The smallest absolute Gasteiger partial charge is 0.414 e. The second-order valence-corrected chi connectivity index (χ2v) is 8.03. The molecule has 0 aliphatic carbocycles. The van der Waals surface area contributed by atoms with E-state index in [0.29, 0.717) is 33.0 Å². The molecule has 2 aromatic rings. The molecule has 0 fully saturated rings. The molecular formula is C24H33N3O6. The minimum atomic E-state index is -0.571. The highest BCUT2D eigenvalue weighted by molar-refractivity contribution is 5.91. The number of para-hydroxylation sites is 1. The zero-order valence-corrected chi connectivity index (χ0v) is 19.7. The van der Waals surface area contributed by atoms with Crippen molar-refractivity contribution in [3.05, 3.63) is 47.8 Å². The molecule has 0 unspecified atom stereocenters. The van der Waals surface area contributed by atoms with Gasteiger partial charge in [-0.15, -0.1) is 0 Å². The average molecular weight is 460 g/mol. The molecule has 2 rings (SSSR count). The van der Waals surface area contributed by atoms with Crippen LogP contribution in [0.2, 0.25) is 0 Å². The van der Waals surface area contributed by atoms with Gasteiger partial charge in [-0.3, -0.25) is 4.90 Å². The van der Waals surface area contributed by atoms with Crippen LogP contribution >= 0.6 is 0 Å². The molecule has 0 atom stereocenters. The van der Waals surface area contributed by atoms with Gasteiger partial charge < -0.3 is 24.1 Å². The summed E-state index contributed by atoms with van der Waals surface area (Å²) in [6, 6.07) is 7.81. The van der Waals surface area contributed by atoms with Crippen molar-refractivity contribution in [1.29, 1.82) is 0 Å². The van der Waals surface area contributed by atoms with Gasteiger partial charge in [0.05, 0.1) is 38.7 Å². The molecule has 9 heteroatoms. The van der Waals surface area contributed by atoms with Crippen molar-refractivity contribution in [2.45, 2.75) is 26.4 Å². The molecule has 0 bridgehead atoms. The Labute approximate surface area is 195 Å². The van der Waals surface area contributed by atoms with Crippen molar-refractivity contribution in [3.8, 4) is 6.01 Å². The third kappa shape index (κ3) is 9.98. The summed E-state index contributed by atoms with van der Waals surface area (Å²) in [5.74, 6) is 0. The summed E-state index contributed by atoms with van der Waals surface area (Å²) in [4.78, 5) is 22.3. The fourth-order valence-corrected chi connectivity index (χ4v) is 2.61. The Balaban J connectivity index is 1.88. The molecule has 1 amide bonds. The molecule has 0 saturated carbocycles. The van der Waals surface area contributed by atoms with E-state index in [-0.39, 0.29) is 12.6 Å². The van der Waals surface area contributed by atoms with Gasteiger partial charge in [0.25, 0.3) is 0 Å². The number of hydrogen-bond donors (Lipinski definition) is 1. The van der Waals surface area contributed by atoms with Gasteiger partial charge in [-0.1, -0.05) is 30.4 Å². The first-order chi connectivity index (χ1) is 15.8. The number of ether oxygens (including phenoxy) is 4. The Morgan fingerprint density at radius 3 is 2.30 bits per heavy atom. The predicted molar refractivity (Wildman–Crippen MR) is 126 cm³/mol. The monoisotopic (exact) mass is 459 g/mol. The lowest BCUT2D eigenvalue weighted by atomic mass is 10.1. The van der Waals surface area contributed by atoms with E-state index in [9.17, 15) is 4.79 Å². The molecule has 0 aliphatic rings. The van der Waals surface area contributed by atoms with Gasteiger partial charge >= 0.3 is 12.1 Å². The van der Waals surface area contributed by atoms with E-state index < -0.39 is 11.7 Å². The minimum absolute atomic E-state index is 0.00127. The van der Waals surface area contributed by atoms with E-state index in [1.54, 1.807) is 19.4 Å². The van der Waals surface area contributed by atoms with Gasteiger partial charge in [-0.2, -0.15) is 0 Å². The van der Waals surface area contributed by atoms with Gasteiger partial charge in [-0.05, 0) is 32.4 Å². The van der Waals surface area contributed by atoms with Gasteiger partial charge in [0.15, 0.2) is 0 Å². The quantitative estimate of drug-likeness (QED) is 0.482. The van der Waals surface area contributed by atoms with Crippen LogP contribution in [0.5, 0.6) is 6.01 Å². The normalized spacial score (nSPS) is 11.5. The molecule has 9 nitrogen and oxygen atoms in total. The Kier molecular flexibility index (Phi) is 10.8. The summed E-state index contributed by atoms with van der Waals surface area (Å²) in [5.41, 5.74) is 1.80. The van der Waals surface area contributed by atoms with Crippen LogP contribution in [0.25, 0.3) is 12.2 Å². The van der Waals surface area contributed by atoms with Crippen LogP contribution in [0, 0.1) is 0 Å². The first kappa shape index (κ1) is 26.2. The Bertz CT molecular complexity index is 881. The molecule has 0 saturated heterocycles. The Morgan fingerprint density at radius 1 is 1.00 bits per heavy atom. The Morgan fingerprint density at radius 2 is 1.64 bits per heavy atom. The summed E-state index contributed by atoms with van der Waals surface area (Å²) in [6.07, 6.45) is 6.64. The lowest BCUT2D eigenvalue weighted by molar-refractivity contribution is 0.0239. The van der Waals surface area contributed by atoms with Crippen LogP contribution in [-0.2, 0) is 14.2 Å². The van der Waals surface area contributed by atoms with Crippen LogP contribution in [0.15, 0.2) is 36.7 Å². The van der Waals surface area contributed by atoms with E-state index >= 15 is 0 Å². The van der Waals surface area contributed by atoms with E-state index in [2.05, 4.69) is 9.97 Å². The zero-order chi connectivity index (χ0) is 24.1. The van der Waals surface area contributed by atoms with Crippen LogP contribution in [-0.4, -0.2) is 73.5 Å². The number of anilines is 1. The molecule has 1 N–H and O–H groups in total. The highest BCUT2D eigenvalue weighted by Crippen LogP contribution is 2.23. The molecular weight excluding hydrogens is 426 g/mol. The molecule has 0 spiro atoms. The van der Waals surface area contributed by atoms with Crippen molar-refractivity contribution in [2.75, 3.05) is 51.6 Å². The number of carbonyl (C=O) groups is 1. The maximum absolute atomic E-state index is 12.4. The third-order valence-corrected chi connectivity index (χ3v) is 4.14. The maximum atomic E-state index is 12.4. The fourth-order valence-electron chi connectivity index (χ4n) is 2.61.